The molecule has 2 N–H and O–H groups in total. The van der Waals surface area contributed by atoms with Crippen molar-refractivity contribution < 1.29 is 14.3 Å². The molecule has 2 heterocycles. The van der Waals surface area contributed by atoms with Crippen LogP contribution >= 0.6 is 0 Å². The number of H-pyrrole nitrogens is 2. The minimum absolute atomic E-state index is 0.130. The van der Waals surface area contributed by atoms with Gasteiger partial charge in [-0.15, -0.1) is 0 Å². The molecule has 0 aromatic carbocycles. The number of esters is 1. The highest BCUT2D eigenvalue weighted by Crippen LogP contribution is 2.19. The molecule has 2 rings (SSSR count). The summed E-state index contributed by atoms with van der Waals surface area (Å²) in [4.78, 5) is 41.0. The van der Waals surface area contributed by atoms with E-state index in [1.807, 2.05) is 0 Å². The number of imidazole rings is 1. The van der Waals surface area contributed by atoms with E-state index < -0.39 is 5.69 Å². The summed E-state index contributed by atoms with van der Waals surface area (Å²) in [5, 5.41) is 0. The van der Waals surface area contributed by atoms with E-state index in [-0.39, 0.29) is 23.5 Å². The van der Waals surface area contributed by atoms with E-state index in [1.54, 1.807) is 11.8 Å². The summed E-state index contributed by atoms with van der Waals surface area (Å²) in [6.45, 7) is 3.15. The van der Waals surface area contributed by atoms with Crippen LogP contribution in [0.2, 0.25) is 0 Å². The highest BCUT2D eigenvalue weighted by Gasteiger charge is 2.29. The first-order valence-corrected chi connectivity index (χ1v) is 6.35. The molecule has 104 valence electrons. The van der Waals surface area contributed by atoms with E-state index in [0.29, 0.717) is 32.5 Å². The monoisotopic (exact) mass is 267 g/mol. The highest BCUT2D eigenvalue weighted by molar-refractivity contribution is 5.92. The fourth-order valence-electron chi connectivity index (χ4n) is 2.20. The quantitative estimate of drug-likeness (QED) is 0.760. The van der Waals surface area contributed by atoms with E-state index in [4.69, 9.17) is 4.74 Å². The molecule has 0 atom stereocenters. The van der Waals surface area contributed by atoms with E-state index in [2.05, 4.69) is 9.97 Å². The van der Waals surface area contributed by atoms with Gasteiger partial charge in [0.1, 0.15) is 5.69 Å². The number of amides is 1. The summed E-state index contributed by atoms with van der Waals surface area (Å²) in [5.41, 5.74) is -0.149. The Balaban J connectivity index is 1.91. The second-order valence-corrected chi connectivity index (χ2v) is 4.47. The van der Waals surface area contributed by atoms with E-state index in [9.17, 15) is 14.4 Å². The molecular weight excluding hydrogens is 250 g/mol. The molecule has 0 unspecified atom stereocenters. The minimum atomic E-state index is -0.398. The number of nitrogens with zero attached hydrogens (tertiary/aromatic N) is 1. The lowest BCUT2D eigenvalue weighted by Crippen LogP contribution is -2.40. The smallest absolute Gasteiger partial charge is 0.323 e. The van der Waals surface area contributed by atoms with Crippen molar-refractivity contribution in [2.75, 3.05) is 19.7 Å². The largest absolute Gasteiger partial charge is 0.466 e. The second kappa shape index (κ2) is 5.73. The second-order valence-electron chi connectivity index (χ2n) is 4.47. The lowest BCUT2D eigenvalue weighted by atomic mass is 9.97. The Hall–Kier alpha value is -2.05. The third-order valence-corrected chi connectivity index (χ3v) is 3.23. The van der Waals surface area contributed by atoms with Gasteiger partial charge < -0.3 is 19.6 Å². The number of carbonyl (C=O) groups excluding carboxylic acids is 2. The molecule has 1 aliphatic heterocycles. The summed E-state index contributed by atoms with van der Waals surface area (Å²) >= 11 is 0. The SMILES string of the molecule is CCOC(=O)C1CCN(C(=O)c2c[nH]c(=O)[nH]2)CC1. The molecule has 1 aliphatic rings. The molecule has 0 radical (unpaired) electrons. The molecule has 1 aromatic rings. The van der Waals surface area contributed by atoms with Gasteiger partial charge in [-0.05, 0) is 19.8 Å². The van der Waals surface area contributed by atoms with Crippen molar-refractivity contribution in [3.8, 4) is 0 Å². The number of hydrogen-bond acceptors (Lipinski definition) is 4. The summed E-state index contributed by atoms with van der Waals surface area (Å²) < 4.78 is 4.97. The van der Waals surface area contributed by atoms with Crippen molar-refractivity contribution in [2.24, 2.45) is 5.92 Å². The number of rotatable bonds is 3. The first-order chi connectivity index (χ1) is 9.11. The highest BCUT2D eigenvalue weighted by atomic mass is 16.5. The Labute approximate surface area is 109 Å². The number of piperidine rings is 1. The molecule has 7 nitrogen and oxygen atoms in total. The van der Waals surface area contributed by atoms with Gasteiger partial charge in [-0.1, -0.05) is 0 Å². The van der Waals surface area contributed by atoms with Crippen LogP contribution in [0.3, 0.4) is 0 Å². The molecule has 1 saturated heterocycles. The average molecular weight is 267 g/mol. The zero-order valence-corrected chi connectivity index (χ0v) is 10.8. The Bertz CT molecular complexity index is 511. The van der Waals surface area contributed by atoms with Crippen LogP contribution in [0.25, 0.3) is 0 Å². The zero-order valence-electron chi connectivity index (χ0n) is 10.8. The number of aromatic amines is 2. The van der Waals surface area contributed by atoms with Gasteiger partial charge in [0.25, 0.3) is 5.91 Å². The lowest BCUT2D eigenvalue weighted by Gasteiger charge is -2.30. The van der Waals surface area contributed by atoms with Crippen LogP contribution in [0.1, 0.15) is 30.3 Å². The van der Waals surface area contributed by atoms with Gasteiger partial charge in [0.2, 0.25) is 0 Å². The number of hydrogen-bond donors (Lipinski definition) is 2. The van der Waals surface area contributed by atoms with Gasteiger partial charge in [0.15, 0.2) is 0 Å². The van der Waals surface area contributed by atoms with Crippen molar-refractivity contribution in [3.05, 3.63) is 22.4 Å². The van der Waals surface area contributed by atoms with Crippen LogP contribution in [0.5, 0.6) is 0 Å². The molecule has 7 heteroatoms. The normalized spacial score (nSPS) is 16.4. The lowest BCUT2D eigenvalue weighted by molar-refractivity contribution is -0.149. The first-order valence-electron chi connectivity index (χ1n) is 6.35. The van der Waals surface area contributed by atoms with Crippen LogP contribution in [-0.4, -0.2) is 46.4 Å². The summed E-state index contributed by atoms with van der Waals surface area (Å²) in [7, 11) is 0. The van der Waals surface area contributed by atoms with E-state index in [0.717, 1.165) is 0 Å². The van der Waals surface area contributed by atoms with Crippen molar-refractivity contribution >= 4 is 11.9 Å². The zero-order chi connectivity index (χ0) is 13.8. The van der Waals surface area contributed by atoms with Crippen molar-refractivity contribution in [3.63, 3.8) is 0 Å². The van der Waals surface area contributed by atoms with Crippen molar-refractivity contribution in [1.82, 2.24) is 14.9 Å². The Morgan fingerprint density at radius 1 is 1.42 bits per heavy atom. The van der Waals surface area contributed by atoms with Crippen LogP contribution in [0.15, 0.2) is 11.0 Å². The van der Waals surface area contributed by atoms with Crippen LogP contribution in [0, 0.1) is 5.92 Å². The molecule has 0 spiro atoms. The van der Waals surface area contributed by atoms with E-state index in [1.165, 1.54) is 6.20 Å². The number of ether oxygens (including phenoxy) is 1. The first kappa shape index (κ1) is 13.4. The number of nitrogens with one attached hydrogen (secondary N) is 2. The molecule has 1 fully saturated rings. The van der Waals surface area contributed by atoms with Gasteiger partial charge in [-0.2, -0.15) is 0 Å². The van der Waals surface area contributed by atoms with Crippen LogP contribution in [-0.2, 0) is 9.53 Å². The Kier molecular flexibility index (Phi) is 4.03. The molecule has 0 bridgehead atoms. The van der Waals surface area contributed by atoms with Gasteiger partial charge in [-0.3, -0.25) is 9.59 Å². The van der Waals surface area contributed by atoms with Gasteiger partial charge >= 0.3 is 11.7 Å². The topological polar surface area (TPSA) is 95.3 Å². The summed E-state index contributed by atoms with van der Waals surface area (Å²) in [6.07, 6.45) is 2.56. The van der Waals surface area contributed by atoms with Crippen LogP contribution < -0.4 is 5.69 Å². The Morgan fingerprint density at radius 3 is 2.63 bits per heavy atom. The summed E-state index contributed by atoms with van der Waals surface area (Å²) in [5.74, 6) is -0.542. The standard InChI is InChI=1S/C12H17N3O4/c1-2-19-11(17)8-3-5-15(6-4-8)10(16)9-7-13-12(18)14-9/h7-8H,2-6H2,1H3,(H2,13,14,18). The van der Waals surface area contributed by atoms with Gasteiger partial charge in [0, 0.05) is 19.3 Å². The van der Waals surface area contributed by atoms with Crippen LogP contribution in [0.4, 0.5) is 0 Å². The molecule has 1 aromatic heterocycles. The molecular formula is C12H17N3O4. The molecule has 0 saturated carbocycles. The maximum Gasteiger partial charge on any atom is 0.323 e. The maximum atomic E-state index is 12.0. The van der Waals surface area contributed by atoms with Crippen molar-refractivity contribution in [2.45, 2.75) is 19.8 Å². The third-order valence-electron chi connectivity index (χ3n) is 3.23. The van der Waals surface area contributed by atoms with Gasteiger partial charge in [0.05, 0.1) is 12.5 Å². The van der Waals surface area contributed by atoms with Crippen molar-refractivity contribution in [1.29, 1.82) is 0 Å². The number of carbonyl (C=O) groups is 2. The minimum Gasteiger partial charge on any atom is -0.466 e. The van der Waals surface area contributed by atoms with E-state index >= 15 is 0 Å². The maximum absolute atomic E-state index is 12.0. The number of likely N-dealkylation sites (tertiary alicyclic amines) is 1. The average Bonchev–Trinajstić information content (AvgIpc) is 2.85. The molecule has 1 amide bonds. The Morgan fingerprint density at radius 2 is 2.11 bits per heavy atom. The molecule has 19 heavy (non-hydrogen) atoms. The predicted octanol–water partition coefficient (Wildman–Crippen LogP) is 0.118. The predicted molar refractivity (Wildman–Crippen MR) is 66.7 cm³/mol. The van der Waals surface area contributed by atoms with Gasteiger partial charge in [-0.25, -0.2) is 4.79 Å². The fourth-order valence-corrected chi connectivity index (χ4v) is 2.20. The number of aromatic nitrogens is 2. The molecule has 0 aliphatic carbocycles. The summed E-state index contributed by atoms with van der Waals surface area (Å²) in [6, 6.07) is 0. The fraction of sp³-hybridized carbons (Fsp3) is 0.583. The third kappa shape index (κ3) is 3.04.